The quantitative estimate of drug-likeness (QED) is 0.394. The summed E-state index contributed by atoms with van der Waals surface area (Å²) in [4.78, 5) is 13.6. The number of benzene rings is 3. The minimum absolute atomic E-state index is 0.253. The fourth-order valence-corrected chi connectivity index (χ4v) is 4.34. The normalized spacial score (nSPS) is 14.6. The third-order valence-electron chi connectivity index (χ3n) is 5.30. The number of halogens is 2. The first kappa shape index (κ1) is 20.1. The third kappa shape index (κ3) is 4.53. The molecule has 0 atom stereocenters. The number of nitroso groups, excluding NO2 is 1. The predicted molar refractivity (Wildman–Crippen MR) is 123 cm³/mol. The molecular weight excluding hydrogens is 450 g/mol. The molecule has 1 N–H and O–H groups in total. The van der Waals surface area contributed by atoms with Crippen molar-refractivity contribution in [2.45, 2.75) is 6.04 Å². The molecule has 4 rings (SSSR count). The van der Waals surface area contributed by atoms with E-state index in [9.17, 15) is 4.91 Å². The molecule has 1 aliphatic heterocycles. The van der Waals surface area contributed by atoms with Gasteiger partial charge in [0.05, 0.1) is 16.8 Å². The molecule has 1 saturated heterocycles. The van der Waals surface area contributed by atoms with Gasteiger partial charge < -0.3 is 5.32 Å². The van der Waals surface area contributed by atoms with Crippen LogP contribution in [0.5, 0.6) is 0 Å². The zero-order valence-electron chi connectivity index (χ0n) is 15.8. The minimum Gasteiger partial charge on any atom is -0.383 e. The van der Waals surface area contributed by atoms with Gasteiger partial charge in [-0.05, 0) is 44.4 Å². The molecule has 0 spiro atoms. The summed E-state index contributed by atoms with van der Waals surface area (Å²) in [5, 5.41) is 7.01. The van der Waals surface area contributed by atoms with Crippen LogP contribution in [0.3, 0.4) is 0 Å². The van der Waals surface area contributed by atoms with Gasteiger partial charge in [0.25, 0.3) is 0 Å². The highest BCUT2D eigenvalue weighted by atomic mass is 79.9. The maximum Gasteiger partial charge on any atom is 0.132 e. The summed E-state index contributed by atoms with van der Waals surface area (Å²) in [6, 6.07) is 24.9. The van der Waals surface area contributed by atoms with Crippen LogP contribution in [0.1, 0.15) is 17.2 Å². The van der Waals surface area contributed by atoms with E-state index in [0.717, 1.165) is 19.6 Å². The van der Waals surface area contributed by atoms with E-state index in [1.54, 1.807) is 12.1 Å². The van der Waals surface area contributed by atoms with Gasteiger partial charge in [-0.3, -0.25) is 4.90 Å². The Morgan fingerprint density at radius 3 is 2.17 bits per heavy atom. The molecule has 1 aliphatic rings. The van der Waals surface area contributed by atoms with Crippen molar-refractivity contribution >= 4 is 38.9 Å². The van der Waals surface area contributed by atoms with Gasteiger partial charge in [-0.15, -0.1) is 4.91 Å². The molecular formula is C23H21BrClN3O. The van der Waals surface area contributed by atoms with Crippen LogP contribution in [-0.2, 0) is 0 Å². The first-order chi connectivity index (χ1) is 14.2. The van der Waals surface area contributed by atoms with Gasteiger partial charge in [0.1, 0.15) is 5.69 Å². The van der Waals surface area contributed by atoms with E-state index in [2.05, 4.69) is 92.0 Å². The molecule has 148 valence electrons. The summed E-state index contributed by atoms with van der Waals surface area (Å²) >= 11 is 9.50. The largest absolute Gasteiger partial charge is 0.383 e. The van der Waals surface area contributed by atoms with Gasteiger partial charge in [-0.25, -0.2) is 0 Å². The maximum atomic E-state index is 11.1. The number of hydrogen-bond donors (Lipinski definition) is 1. The molecule has 0 aromatic heterocycles. The highest BCUT2D eigenvalue weighted by Crippen LogP contribution is 2.37. The first-order valence-corrected chi connectivity index (χ1v) is 10.7. The van der Waals surface area contributed by atoms with Crippen molar-refractivity contribution in [3.8, 4) is 0 Å². The molecule has 6 heteroatoms. The van der Waals surface area contributed by atoms with Crippen LogP contribution in [0.4, 0.5) is 11.4 Å². The van der Waals surface area contributed by atoms with Crippen molar-refractivity contribution in [1.82, 2.24) is 4.90 Å². The van der Waals surface area contributed by atoms with Gasteiger partial charge in [0, 0.05) is 30.0 Å². The Balaban J connectivity index is 1.43. The molecule has 0 bridgehead atoms. The molecule has 0 unspecified atom stereocenters. The molecule has 3 aromatic carbocycles. The van der Waals surface area contributed by atoms with E-state index >= 15 is 0 Å². The molecule has 1 fully saturated rings. The van der Waals surface area contributed by atoms with E-state index < -0.39 is 0 Å². The van der Waals surface area contributed by atoms with Crippen LogP contribution < -0.4 is 5.32 Å². The molecule has 0 aliphatic carbocycles. The number of nitrogens with one attached hydrogen (secondary N) is 1. The molecule has 3 aromatic rings. The fourth-order valence-electron chi connectivity index (χ4n) is 3.84. The molecule has 0 radical (unpaired) electrons. The van der Waals surface area contributed by atoms with Gasteiger partial charge >= 0.3 is 0 Å². The lowest BCUT2D eigenvalue weighted by molar-refractivity contribution is 0.0761. The Morgan fingerprint density at radius 2 is 1.62 bits per heavy atom. The van der Waals surface area contributed by atoms with Gasteiger partial charge in [-0.1, -0.05) is 72.3 Å². The minimum atomic E-state index is 0.253. The monoisotopic (exact) mass is 469 g/mol. The van der Waals surface area contributed by atoms with Crippen molar-refractivity contribution in [3.63, 3.8) is 0 Å². The van der Waals surface area contributed by atoms with Crippen LogP contribution in [0.25, 0.3) is 0 Å². The van der Waals surface area contributed by atoms with Crippen molar-refractivity contribution in [2.75, 3.05) is 25.0 Å². The van der Waals surface area contributed by atoms with E-state index in [4.69, 9.17) is 11.6 Å². The third-order valence-corrected chi connectivity index (χ3v) is 6.50. The van der Waals surface area contributed by atoms with Crippen LogP contribution in [-0.4, -0.2) is 24.5 Å². The molecule has 4 nitrogen and oxygen atoms in total. The summed E-state index contributed by atoms with van der Waals surface area (Å²) in [7, 11) is 0. The van der Waals surface area contributed by atoms with Crippen LogP contribution in [0, 0.1) is 10.8 Å². The second-order valence-electron chi connectivity index (χ2n) is 7.30. The predicted octanol–water partition coefficient (Wildman–Crippen LogP) is 6.63. The zero-order chi connectivity index (χ0) is 20.2. The topological polar surface area (TPSA) is 44.7 Å². The summed E-state index contributed by atoms with van der Waals surface area (Å²) in [6.07, 6.45) is 0. The average Bonchev–Trinajstić information content (AvgIpc) is 2.73. The highest BCUT2D eigenvalue weighted by molar-refractivity contribution is 9.10. The van der Waals surface area contributed by atoms with E-state index in [0.29, 0.717) is 26.8 Å². The molecule has 1 heterocycles. The number of nitrogens with zero attached hydrogens (tertiary/aromatic N) is 2. The van der Waals surface area contributed by atoms with E-state index in [-0.39, 0.29) is 6.04 Å². The van der Waals surface area contributed by atoms with Gasteiger partial charge in [0.2, 0.25) is 0 Å². The lowest BCUT2D eigenvalue weighted by Crippen LogP contribution is -2.51. The van der Waals surface area contributed by atoms with E-state index in [1.807, 2.05) is 0 Å². The molecule has 29 heavy (non-hydrogen) atoms. The fraction of sp³-hybridized carbons (Fsp3) is 0.217. The van der Waals surface area contributed by atoms with Crippen LogP contribution in [0.2, 0.25) is 5.02 Å². The van der Waals surface area contributed by atoms with Crippen molar-refractivity contribution < 1.29 is 0 Å². The number of anilines is 1. The summed E-state index contributed by atoms with van der Waals surface area (Å²) in [5.74, 6) is 0.492. The molecule has 0 amide bonds. The summed E-state index contributed by atoms with van der Waals surface area (Å²) < 4.78 is 0.669. The Morgan fingerprint density at radius 1 is 1.03 bits per heavy atom. The van der Waals surface area contributed by atoms with Gasteiger partial charge in [0.15, 0.2) is 0 Å². The smallest absolute Gasteiger partial charge is 0.132 e. The Bertz CT molecular complexity index is 939. The SMILES string of the molecule is O=Nc1cc(Br)c(Cl)cc1NCC1CN(C(c2ccccc2)c2ccccc2)C1. The van der Waals surface area contributed by atoms with Crippen LogP contribution in [0.15, 0.2) is 82.4 Å². The Labute approximate surface area is 184 Å². The summed E-state index contributed by atoms with van der Waals surface area (Å²) in [5.41, 5.74) is 3.65. The second-order valence-corrected chi connectivity index (χ2v) is 8.56. The summed E-state index contributed by atoms with van der Waals surface area (Å²) in [6.45, 7) is 2.73. The van der Waals surface area contributed by atoms with Crippen molar-refractivity contribution in [2.24, 2.45) is 11.1 Å². The van der Waals surface area contributed by atoms with Crippen molar-refractivity contribution in [1.29, 1.82) is 0 Å². The lowest BCUT2D eigenvalue weighted by atomic mass is 9.90. The Kier molecular flexibility index (Phi) is 6.28. The second kappa shape index (κ2) is 9.08. The molecule has 0 saturated carbocycles. The lowest BCUT2D eigenvalue weighted by Gasteiger charge is -2.45. The van der Waals surface area contributed by atoms with Crippen LogP contribution >= 0.6 is 27.5 Å². The Hall–Kier alpha value is -2.21. The van der Waals surface area contributed by atoms with E-state index in [1.165, 1.54) is 11.1 Å². The first-order valence-electron chi connectivity index (χ1n) is 9.56. The van der Waals surface area contributed by atoms with Gasteiger partial charge in [-0.2, -0.15) is 0 Å². The number of likely N-dealkylation sites (tertiary alicyclic amines) is 1. The average molecular weight is 471 g/mol. The number of rotatable bonds is 7. The number of hydrogen-bond acceptors (Lipinski definition) is 4. The zero-order valence-corrected chi connectivity index (χ0v) is 18.1. The standard InChI is InChI=1S/C23H21BrClN3O/c24-19-11-22(27-29)21(12-20(19)25)26-13-16-14-28(15-16)23(17-7-3-1-4-8-17)18-9-5-2-6-10-18/h1-12,16,23,26H,13-15H2. The van der Waals surface area contributed by atoms with Crippen molar-refractivity contribution in [3.05, 3.63) is 98.3 Å². The highest BCUT2D eigenvalue weighted by Gasteiger charge is 2.33. The maximum absolute atomic E-state index is 11.1.